The molecule has 4 atom stereocenters. The molecule has 0 aliphatic carbocycles. The minimum Gasteiger partial charge on any atom is -0.461 e. The van der Waals surface area contributed by atoms with E-state index >= 15 is 4.39 Å². The number of fused-ring (bicyclic) bond motifs is 2. The molecule has 4 aliphatic rings. The summed E-state index contributed by atoms with van der Waals surface area (Å²) in [6.07, 6.45) is -4.02. The number of benzene rings is 1. The fourth-order valence-corrected chi connectivity index (χ4v) is 7.49. The summed E-state index contributed by atoms with van der Waals surface area (Å²) >= 11 is 0. The first-order valence-electron chi connectivity index (χ1n) is 15.2. The van der Waals surface area contributed by atoms with Gasteiger partial charge in [0.05, 0.1) is 35.2 Å². The molecule has 45 heavy (non-hydrogen) atoms. The molecule has 3 saturated heterocycles. The second kappa shape index (κ2) is 11.7. The first-order chi connectivity index (χ1) is 21.3. The van der Waals surface area contributed by atoms with Gasteiger partial charge in [0.1, 0.15) is 18.6 Å². The van der Waals surface area contributed by atoms with Gasteiger partial charge in [-0.3, -0.25) is 9.69 Å². The van der Waals surface area contributed by atoms with Crippen LogP contribution in [-0.2, 0) is 28.7 Å². The van der Waals surface area contributed by atoms with Gasteiger partial charge >= 0.3 is 12.2 Å². The Labute approximate surface area is 258 Å². The SMILES string of the molecule is C=CC(=O)N1CCN(c2nc(OC[C@@]34CCCN3C[C@H](F)C4)nc3c2CO[C@@H](c2c(F)c(N)cc(C)c2C(F)(F)F)C3)[C@@H](C)C1. The number of amides is 1. The number of aryl methyl sites for hydroxylation is 1. The number of carbonyl (C=O) groups is 1. The van der Waals surface area contributed by atoms with Gasteiger partial charge in [0.25, 0.3) is 0 Å². The largest absolute Gasteiger partial charge is 0.461 e. The van der Waals surface area contributed by atoms with Gasteiger partial charge < -0.3 is 25.0 Å². The minimum absolute atomic E-state index is 0.00463. The van der Waals surface area contributed by atoms with E-state index in [1.807, 2.05) is 11.8 Å². The summed E-state index contributed by atoms with van der Waals surface area (Å²) in [5.74, 6) is -0.891. The molecule has 0 saturated carbocycles. The molecule has 0 spiro atoms. The lowest BCUT2D eigenvalue weighted by Crippen LogP contribution is -2.54. The average molecular weight is 637 g/mol. The Morgan fingerprint density at radius 1 is 1.27 bits per heavy atom. The van der Waals surface area contributed by atoms with E-state index in [9.17, 15) is 22.4 Å². The van der Waals surface area contributed by atoms with Crippen molar-refractivity contribution in [2.75, 3.05) is 50.0 Å². The van der Waals surface area contributed by atoms with Gasteiger partial charge in [-0.1, -0.05) is 6.58 Å². The van der Waals surface area contributed by atoms with E-state index < -0.39 is 46.6 Å². The van der Waals surface area contributed by atoms with Gasteiger partial charge in [-0.2, -0.15) is 23.1 Å². The summed E-state index contributed by atoms with van der Waals surface area (Å²) < 4.78 is 84.5. The molecule has 1 aromatic carbocycles. The monoisotopic (exact) mass is 636 g/mol. The van der Waals surface area contributed by atoms with Crippen LogP contribution in [0.3, 0.4) is 0 Å². The van der Waals surface area contributed by atoms with Crippen LogP contribution in [0.2, 0.25) is 0 Å². The van der Waals surface area contributed by atoms with Gasteiger partial charge in [-0.15, -0.1) is 0 Å². The molecule has 14 heteroatoms. The molecule has 2 aromatic rings. The van der Waals surface area contributed by atoms with E-state index in [0.717, 1.165) is 25.5 Å². The van der Waals surface area contributed by atoms with Gasteiger partial charge in [0, 0.05) is 56.2 Å². The molecule has 0 bridgehead atoms. The van der Waals surface area contributed by atoms with E-state index in [0.29, 0.717) is 49.7 Å². The van der Waals surface area contributed by atoms with Crippen LogP contribution in [0.25, 0.3) is 0 Å². The van der Waals surface area contributed by atoms with Crippen LogP contribution in [0.15, 0.2) is 18.7 Å². The average Bonchev–Trinajstić information content (AvgIpc) is 3.51. The summed E-state index contributed by atoms with van der Waals surface area (Å²) in [7, 11) is 0. The number of carbonyl (C=O) groups excluding carboxylic acids is 1. The van der Waals surface area contributed by atoms with Crippen molar-refractivity contribution in [1.29, 1.82) is 0 Å². The molecule has 0 unspecified atom stereocenters. The van der Waals surface area contributed by atoms with E-state index in [4.69, 9.17) is 20.2 Å². The Hall–Kier alpha value is -3.52. The van der Waals surface area contributed by atoms with Gasteiger partial charge in [0.2, 0.25) is 5.91 Å². The van der Waals surface area contributed by atoms with Crippen molar-refractivity contribution in [2.24, 2.45) is 0 Å². The van der Waals surface area contributed by atoms with Crippen LogP contribution in [-0.4, -0.2) is 82.8 Å². The maximum Gasteiger partial charge on any atom is 0.417 e. The topological polar surface area (TPSA) is 97.0 Å². The standard InChI is InChI=1S/C31H37F5N6O3/c1-4-24(43)40-8-9-42(18(3)13-40)28-20-15-44-23(25-26(31(34,35)36)17(2)10-21(37)27(25)33)11-22(20)38-29(39-28)45-16-30-6-5-7-41(30)14-19(32)12-30/h4,10,18-19,23H,1,5-9,11-16,37H2,2-3H3/t18-,19+,23+,30-/m0/s1. The van der Waals surface area contributed by atoms with Crippen molar-refractivity contribution in [1.82, 2.24) is 19.8 Å². The molecular weight excluding hydrogens is 599 g/mol. The third-order valence-electron chi connectivity index (χ3n) is 9.61. The first-order valence-corrected chi connectivity index (χ1v) is 15.2. The highest BCUT2D eigenvalue weighted by molar-refractivity contribution is 5.87. The molecule has 5 heterocycles. The molecule has 9 nitrogen and oxygen atoms in total. The van der Waals surface area contributed by atoms with Gasteiger partial charge in [-0.05, 0) is 50.9 Å². The van der Waals surface area contributed by atoms with Gasteiger partial charge in [0.15, 0.2) is 5.82 Å². The summed E-state index contributed by atoms with van der Waals surface area (Å²) in [5, 5.41) is 0. The number of nitrogen functional groups attached to an aromatic ring is 1. The van der Waals surface area contributed by atoms with Gasteiger partial charge in [-0.25, -0.2) is 8.78 Å². The molecule has 244 valence electrons. The molecule has 6 rings (SSSR count). The second-order valence-corrected chi connectivity index (χ2v) is 12.5. The first kappa shape index (κ1) is 31.5. The Bertz CT molecular complexity index is 1510. The number of piperazine rings is 1. The van der Waals surface area contributed by atoms with E-state index in [1.54, 1.807) is 4.90 Å². The zero-order chi connectivity index (χ0) is 32.3. The number of nitrogens with two attached hydrogens (primary N) is 1. The summed E-state index contributed by atoms with van der Waals surface area (Å²) in [6.45, 7) is 9.03. The number of alkyl halides is 4. The number of rotatable bonds is 6. The van der Waals surface area contributed by atoms with Crippen molar-refractivity contribution < 1.29 is 36.2 Å². The highest BCUT2D eigenvalue weighted by atomic mass is 19.4. The lowest BCUT2D eigenvalue weighted by Gasteiger charge is -2.41. The molecular formula is C31H37F5N6O3. The molecule has 2 N–H and O–H groups in total. The van der Waals surface area contributed by atoms with Crippen LogP contribution in [0, 0.1) is 12.7 Å². The normalized spacial score (nSPS) is 27.0. The number of hydrogen-bond acceptors (Lipinski definition) is 8. The minimum atomic E-state index is -4.84. The fourth-order valence-electron chi connectivity index (χ4n) is 7.49. The zero-order valence-electron chi connectivity index (χ0n) is 25.3. The third-order valence-corrected chi connectivity index (χ3v) is 9.61. The summed E-state index contributed by atoms with van der Waals surface area (Å²) in [4.78, 5) is 27.4. The van der Waals surface area contributed by atoms with Crippen molar-refractivity contribution in [3.05, 3.63) is 52.5 Å². The van der Waals surface area contributed by atoms with E-state index in [2.05, 4.69) is 16.5 Å². The lowest BCUT2D eigenvalue weighted by molar-refractivity contribution is -0.140. The van der Waals surface area contributed by atoms with Crippen LogP contribution in [0.1, 0.15) is 60.2 Å². The molecule has 1 aromatic heterocycles. The predicted molar refractivity (Wildman–Crippen MR) is 156 cm³/mol. The smallest absolute Gasteiger partial charge is 0.417 e. The van der Waals surface area contributed by atoms with E-state index in [1.165, 1.54) is 13.0 Å². The maximum atomic E-state index is 15.4. The van der Waals surface area contributed by atoms with Crippen molar-refractivity contribution in [3.63, 3.8) is 0 Å². The summed E-state index contributed by atoms with van der Waals surface area (Å²) in [5.41, 5.74) is 3.84. The summed E-state index contributed by atoms with van der Waals surface area (Å²) in [6, 6.07) is 0.786. The van der Waals surface area contributed by atoms with E-state index in [-0.39, 0.29) is 43.2 Å². The zero-order valence-corrected chi connectivity index (χ0v) is 25.3. The van der Waals surface area contributed by atoms with Crippen LogP contribution in [0.5, 0.6) is 6.01 Å². The van der Waals surface area contributed by atoms with Crippen LogP contribution in [0.4, 0.5) is 33.5 Å². The Morgan fingerprint density at radius 3 is 2.76 bits per heavy atom. The second-order valence-electron chi connectivity index (χ2n) is 12.5. The fraction of sp³-hybridized carbons (Fsp3) is 0.581. The van der Waals surface area contributed by atoms with Crippen LogP contribution >= 0.6 is 0 Å². The quantitative estimate of drug-likeness (QED) is 0.281. The number of ether oxygens (including phenoxy) is 2. The number of nitrogens with zero attached hydrogens (tertiary/aromatic N) is 5. The molecule has 1 amide bonds. The Kier molecular flexibility index (Phi) is 8.17. The third kappa shape index (κ3) is 5.71. The maximum absolute atomic E-state index is 15.4. The number of halogens is 5. The predicted octanol–water partition coefficient (Wildman–Crippen LogP) is 4.52. The van der Waals surface area contributed by atoms with Crippen LogP contribution < -0.4 is 15.4 Å². The van der Waals surface area contributed by atoms with Crippen molar-refractivity contribution >= 4 is 17.4 Å². The number of aromatic nitrogens is 2. The van der Waals surface area contributed by atoms with Crippen molar-refractivity contribution in [2.45, 2.75) is 76.2 Å². The highest BCUT2D eigenvalue weighted by Gasteiger charge is 2.49. The highest BCUT2D eigenvalue weighted by Crippen LogP contribution is 2.45. The molecule has 3 fully saturated rings. The number of anilines is 2. The lowest BCUT2D eigenvalue weighted by atomic mass is 9.91. The Morgan fingerprint density at radius 2 is 2.04 bits per heavy atom. The number of hydrogen-bond donors (Lipinski definition) is 1. The Balaban J connectivity index is 1.37. The molecule has 4 aliphatic heterocycles. The molecule has 0 radical (unpaired) electrons. The van der Waals surface area contributed by atoms with Crippen molar-refractivity contribution in [3.8, 4) is 6.01 Å².